The van der Waals surface area contributed by atoms with Crippen LogP contribution < -0.4 is 4.84 Å². The number of amides is 2. The molecule has 0 saturated carbocycles. The first kappa shape index (κ1) is 14.1. The van der Waals surface area contributed by atoms with Gasteiger partial charge in [0.1, 0.15) is 0 Å². The van der Waals surface area contributed by atoms with E-state index in [-0.39, 0.29) is 16.9 Å². The molecule has 22 heavy (non-hydrogen) atoms. The molecule has 0 spiro atoms. The number of fused-ring (bicyclic) bond motifs is 1. The van der Waals surface area contributed by atoms with E-state index in [4.69, 9.17) is 4.84 Å². The van der Waals surface area contributed by atoms with Crippen molar-refractivity contribution in [3.63, 3.8) is 0 Å². The zero-order chi connectivity index (χ0) is 15.9. The van der Waals surface area contributed by atoms with E-state index < -0.39 is 23.6 Å². The second-order valence-corrected chi connectivity index (χ2v) is 4.57. The molecule has 112 valence electrons. The van der Waals surface area contributed by atoms with Gasteiger partial charge in [-0.3, -0.25) is 9.59 Å². The van der Waals surface area contributed by atoms with Gasteiger partial charge in [-0.2, -0.15) is 13.2 Å². The highest BCUT2D eigenvalue weighted by atomic mass is 19.4. The minimum Gasteiger partial charge on any atom is -0.368 e. The standard InChI is InChI=1S/C15H8F3NO3/c16-15(17,18)9-4-3-5-10(8-9)22-19-13(20)11-6-1-2-7-12(11)14(19)21/h1-8H. The number of hydroxylamine groups is 2. The lowest BCUT2D eigenvalue weighted by atomic mass is 10.1. The summed E-state index contributed by atoms with van der Waals surface area (Å²) in [5.41, 5.74) is -0.624. The summed E-state index contributed by atoms with van der Waals surface area (Å²) in [5.74, 6) is -1.67. The highest BCUT2D eigenvalue weighted by Gasteiger charge is 2.38. The number of benzene rings is 2. The van der Waals surface area contributed by atoms with Crippen LogP contribution in [0.4, 0.5) is 13.2 Å². The minimum atomic E-state index is -4.54. The van der Waals surface area contributed by atoms with Crippen LogP contribution >= 0.6 is 0 Å². The zero-order valence-corrected chi connectivity index (χ0v) is 10.9. The maximum atomic E-state index is 12.6. The van der Waals surface area contributed by atoms with Crippen LogP contribution in [0.5, 0.6) is 5.75 Å². The van der Waals surface area contributed by atoms with Crippen molar-refractivity contribution in [2.45, 2.75) is 6.18 Å². The summed E-state index contributed by atoms with van der Waals surface area (Å²) in [4.78, 5) is 29.2. The molecule has 0 atom stereocenters. The smallest absolute Gasteiger partial charge is 0.368 e. The average molecular weight is 307 g/mol. The number of nitrogens with zero attached hydrogens (tertiary/aromatic N) is 1. The SMILES string of the molecule is O=C1c2ccccc2C(=O)N1Oc1cccc(C(F)(F)F)c1. The van der Waals surface area contributed by atoms with Gasteiger partial charge in [0.15, 0.2) is 5.75 Å². The van der Waals surface area contributed by atoms with E-state index in [0.29, 0.717) is 5.06 Å². The minimum absolute atomic E-state index is 0.152. The van der Waals surface area contributed by atoms with E-state index in [2.05, 4.69) is 0 Å². The number of rotatable bonds is 2. The molecule has 0 bridgehead atoms. The molecule has 2 amide bonds. The van der Waals surface area contributed by atoms with E-state index in [9.17, 15) is 22.8 Å². The summed E-state index contributed by atoms with van der Waals surface area (Å²) in [7, 11) is 0. The van der Waals surface area contributed by atoms with E-state index >= 15 is 0 Å². The Bertz CT molecular complexity index is 736. The fourth-order valence-electron chi connectivity index (χ4n) is 2.08. The van der Waals surface area contributed by atoms with Gasteiger partial charge in [-0.1, -0.05) is 23.3 Å². The molecule has 2 aromatic rings. The van der Waals surface area contributed by atoms with E-state index in [1.165, 1.54) is 18.2 Å². The predicted octanol–water partition coefficient (Wildman–Crippen LogP) is 3.30. The van der Waals surface area contributed by atoms with E-state index in [0.717, 1.165) is 18.2 Å². The van der Waals surface area contributed by atoms with E-state index in [1.54, 1.807) is 12.1 Å². The Labute approximate surface area is 122 Å². The number of hydrogen-bond acceptors (Lipinski definition) is 3. The third-order valence-corrected chi connectivity index (χ3v) is 3.11. The van der Waals surface area contributed by atoms with Gasteiger partial charge in [-0.25, -0.2) is 0 Å². The third kappa shape index (κ3) is 2.30. The van der Waals surface area contributed by atoms with E-state index in [1.807, 2.05) is 0 Å². The highest BCUT2D eigenvalue weighted by Crippen LogP contribution is 2.32. The van der Waals surface area contributed by atoms with Gasteiger partial charge in [-0.15, -0.1) is 0 Å². The van der Waals surface area contributed by atoms with Crippen LogP contribution in [0.15, 0.2) is 48.5 Å². The molecule has 0 aromatic heterocycles. The Morgan fingerprint density at radius 1 is 0.864 bits per heavy atom. The summed E-state index contributed by atoms with van der Waals surface area (Å²) in [6.45, 7) is 0. The van der Waals surface area contributed by atoms with Crippen molar-refractivity contribution in [3.8, 4) is 5.75 Å². The molecule has 1 aliphatic heterocycles. The third-order valence-electron chi connectivity index (χ3n) is 3.11. The second-order valence-electron chi connectivity index (χ2n) is 4.57. The molecular formula is C15H8F3NO3. The molecule has 0 radical (unpaired) electrons. The number of imide groups is 1. The summed E-state index contributed by atoms with van der Waals surface area (Å²) < 4.78 is 37.9. The topological polar surface area (TPSA) is 46.6 Å². The molecule has 0 unspecified atom stereocenters. The van der Waals surface area contributed by atoms with Crippen LogP contribution in [-0.2, 0) is 6.18 Å². The van der Waals surface area contributed by atoms with Crippen molar-refractivity contribution in [2.24, 2.45) is 0 Å². The van der Waals surface area contributed by atoms with Crippen molar-refractivity contribution in [2.75, 3.05) is 0 Å². The number of halogens is 3. The molecule has 7 heteroatoms. The predicted molar refractivity (Wildman–Crippen MR) is 69.0 cm³/mol. The average Bonchev–Trinajstić information content (AvgIpc) is 2.72. The first-order valence-corrected chi connectivity index (χ1v) is 6.21. The molecule has 0 fully saturated rings. The number of hydrogen-bond donors (Lipinski definition) is 0. The molecule has 0 N–H and O–H groups in total. The summed E-state index contributed by atoms with van der Waals surface area (Å²) in [6.07, 6.45) is -4.54. The lowest BCUT2D eigenvalue weighted by Crippen LogP contribution is -2.33. The van der Waals surface area contributed by atoms with Gasteiger partial charge < -0.3 is 4.84 Å². The first-order chi connectivity index (χ1) is 10.4. The fourth-order valence-corrected chi connectivity index (χ4v) is 2.08. The zero-order valence-electron chi connectivity index (χ0n) is 10.9. The van der Waals surface area contributed by atoms with Gasteiger partial charge in [0.05, 0.1) is 16.7 Å². The molecule has 3 rings (SSSR count). The normalized spacial score (nSPS) is 14.2. The van der Waals surface area contributed by atoms with Crippen molar-refractivity contribution < 1.29 is 27.6 Å². The van der Waals surface area contributed by atoms with Gasteiger partial charge in [0, 0.05) is 0 Å². The van der Waals surface area contributed by atoms with Crippen LogP contribution in [-0.4, -0.2) is 16.9 Å². The second kappa shape index (κ2) is 4.87. The Morgan fingerprint density at radius 2 is 1.45 bits per heavy atom. The Hall–Kier alpha value is -2.83. The van der Waals surface area contributed by atoms with Crippen molar-refractivity contribution in [1.29, 1.82) is 0 Å². The monoisotopic (exact) mass is 307 g/mol. The Kier molecular flexibility index (Phi) is 3.13. The molecule has 1 aliphatic rings. The van der Waals surface area contributed by atoms with Crippen LogP contribution in [0.3, 0.4) is 0 Å². The van der Waals surface area contributed by atoms with Crippen LogP contribution in [0.1, 0.15) is 26.3 Å². The number of alkyl halides is 3. The Morgan fingerprint density at radius 3 is 2.00 bits per heavy atom. The molecular weight excluding hydrogens is 299 g/mol. The van der Waals surface area contributed by atoms with Gasteiger partial charge in [0.25, 0.3) is 11.8 Å². The largest absolute Gasteiger partial charge is 0.416 e. The van der Waals surface area contributed by atoms with Crippen molar-refractivity contribution >= 4 is 11.8 Å². The quantitative estimate of drug-likeness (QED) is 0.800. The summed E-state index contributed by atoms with van der Waals surface area (Å²) in [5, 5.41) is 0.458. The molecule has 1 heterocycles. The highest BCUT2D eigenvalue weighted by molar-refractivity contribution is 6.20. The van der Waals surface area contributed by atoms with Gasteiger partial charge >= 0.3 is 6.18 Å². The molecule has 0 saturated heterocycles. The number of carbonyl (C=O) groups excluding carboxylic acids is 2. The van der Waals surface area contributed by atoms with Crippen LogP contribution in [0.2, 0.25) is 0 Å². The lowest BCUT2D eigenvalue weighted by Gasteiger charge is -2.15. The van der Waals surface area contributed by atoms with Crippen LogP contribution in [0.25, 0.3) is 0 Å². The fraction of sp³-hybridized carbons (Fsp3) is 0.0667. The number of carbonyl (C=O) groups is 2. The van der Waals surface area contributed by atoms with Crippen LogP contribution in [0, 0.1) is 0 Å². The summed E-state index contributed by atoms with van der Waals surface area (Å²) in [6, 6.07) is 10.0. The maximum absolute atomic E-state index is 12.6. The molecule has 2 aromatic carbocycles. The summed E-state index contributed by atoms with van der Waals surface area (Å²) >= 11 is 0. The lowest BCUT2D eigenvalue weighted by molar-refractivity contribution is -0.137. The van der Waals surface area contributed by atoms with Crippen molar-refractivity contribution in [3.05, 3.63) is 65.2 Å². The molecule has 4 nitrogen and oxygen atoms in total. The Balaban J connectivity index is 1.89. The molecule has 0 aliphatic carbocycles. The van der Waals surface area contributed by atoms with Gasteiger partial charge in [0.2, 0.25) is 0 Å². The first-order valence-electron chi connectivity index (χ1n) is 6.21. The van der Waals surface area contributed by atoms with Crippen molar-refractivity contribution in [1.82, 2.24) is 5.06 Å². The maximum Gasteiger partial charge on any atom is 0.416 e. The van der Waals surface area contributed by atoms with Gasteiger partial charge in [-0.05, 0) is 30.3 Å².